The third-order valence-electron chi connectivity index (χ3n) is 4.43. The number of nitrogens with one attached hydrogen (secondary N) is 1. The number of carbonyl (C=O) groups is 1. The molecule has 0 radical (unpaired) electrons. The number of fused-ring (bicyclic) bond motifs is 1. The van der Waals surface area contributed by atoms with Crippen molar-refractivity contribution in [3.05, 3.63) is 82.9 Å². The van der Waals surface area contributed by atoms with Crippen molar-refractivity contribution in [3.8, 4) is 10.6 Å². The van der Waals surface area contributed by atoms with Gasteiger partial charge in [0.05, 0.1) is 0 Å². The van der Waals surface area contributed by atoms with E-state index in [0.717, 1.165) is 21.5 Å². The van der Waals surface area contributed by atoms with Crippen LogP contribution in [-0.2, 0) is 0 Å². The van der Waals surface area contributed by atoms with Crippen molar-refractivity contribution in [2.24, 2.45) is 4.99 Å². The van der Waals surface area contributed by atoms with E-state index in [1.54, 1.807) is 12.3 Å². The van der Waals surface area contributed by atoms with Crippen molar-refractivity contribution >= 4 is 49.8 Å². The van der Waals surface area contributed by atoms with E-state index in [9.17, 15) is 4.79 Å². The molecule has 0 aliphatic rings. The number of anilines is 1. The van der Waals surface area contributed by atoms with Crippen LogP contribution in [0.3, 0.4) is 0 Å². The Hall–Kier alpha value is -3.69. The predicted octanol–water partition coefficient (Wildman–Crippen LogP) is 5.20. The first-order chi connectivity index (χ1) is 15.2. The summed E-state index contributed by atoms with van der Waals surface area (Å²) in [4.78, 5) is 21.7. The highest BCUT2D eigenvalue weighted by atomic mass is 32.1. The van der Waals surface area contributed by atoms with Crippen LogP contribution < -0.4 is 10.9 Å². The zero-order valence-electron chi connectivity index (χ0n) is 16.3. The van der Waals surface area contributed by atoms with Gasteiger partial charge in [-0.15, -0.1) is 21.5 Å². The zero-order valence-corrected chi connectivity index (χ0v) is 17.9. The van der Waals surface area contributed by atoms with Gasteiger partial charge >= 0.3 is 0 Å². The lowest BCUT2D eigenvalue weighted by molar-refractivity contribution is 0.102. The van der Waals surface area contributed by atoms with Crippen molar-refractivity contribution in [2.75, 3.05) is 5.32 Å². The fourth-order valence-corrected chi connectivity index (χ4v) is 4.24. The van der Waals surface area contributed by atoms with Gasteiger partial charge in [0.25, 0.3) is 5.91 Å². The second kappa shape index (κ2) is 8.21. The summed E-state index contributed by atoms with van der Waals surface area (Å²) >= 11 is 2.67. The normalized spacial score (nSPS) is 11.7. The van der Waals surface area contributed by atoms with Gasteiger partial charge in [0.1, 0.15) is 16.2 Å². The van der Waals surface area contributed by atoms with Gasteiger partial charge in [-0.1, -0.05) is 53.3 Å². The van der Waals surface area contributed by atoms with Crippen molar-refractivity contribution < 1.29 is 9.21 Å². The first-order valence-corrected chi connectivity index (χ1v) is 11.0. The van der Waals surface area contributed by atoms with E-state index in [4.69, 9.17) is 4.42 Å². The fraction of sp³-hybridized carbons (Fsp3) is 0.0455. The number of hydrogen-bond donors (Lipinski definition) is 1. The number of amides is 1. The standard InChI is InChI=1S/C22H15N5O2S2/c1-13-5-4-7-15(11-13)20-26-27-22(31-20)24-18(28)16-12-14-6-2-3-8-17(14)29-19(16)25-21-23-9-10-30-21/h2-12H,1H3,(H,24,27,28)/b25-19-. The number of benzene rings is 2. The van der Waals surface area contributed by atoms with Crippen LogP contribution >= 0.6 is 22.7 Å². The van der Waals surface area contributed by atoms with Crippen molar-refractivity contribution in [2.45, 2.75) is 6.92 Å². The number of aromatic nitrogens is 3. The molecule has 0 spiro atoms. The molecule has 31 heavy (non-hydrogen) atoms. The largest absolute Gasteiger partial charge is 0.437 e. The van der Waals surface area contributed by atoms with E-state index in [0.29, 0.717) is 21.4 Å². The van der Waals surface area contributed by atoms with E-state index < -0.39 is 0 Å². The Balaban J connectivity index is 1.51. The monoisotopic (exact) mass is 445 g/mol. The second-order valence-corrected chi connectivity index (χ2v) is 8.52. The minimum atomic E-state index is -0.378. The molecule has 5 rings (SSSR count). The van der Waals surface area contributed by atoms with Gasteiger partial charge in [0, 0.05) is 22.5 Å². The lowest BCUT2D eigenvalue weighted by Crippen LogP contribution is -2.21. The maximum Gasteiger partial charge on any atom is 0.263 e. The van der Waals surface area contributed by atoms with E-state index in [2.05, 4.69) is 25.5 Å². The quantitative estimate of drug-likeness (QED) is 0.410. The molecule has 152 valence electrons. The molecule has 0 saturated carbocycles. The van der Waals surface area contributed by atoms with Crippen LogP contribution in [0.5, 0.6) is 0 Å². The van der Waals surface area contributed by atoms with Gasteiger partial charge in [-0.2, -0.15) is 4.99 Å². The van der Waals surface area contributed by atoms with Gasteiger partial charge in [-0.3, -0.25) is 10.1 Å². The average Bonchev–Trinajstić information content (AvgIpc) is 3.45. The molecule has 2 aromatic carbocycles. The molecule has 0 atom stereocenters. The smallest absolute Gasteiger partial charge is 0.263 e. The summed E-state index contributed by atoms with van der Waals surface area (Å²) < 4.78 is 5.92. The van der Waals surface area contributed by atoms with Crippen LogP contribution in [-0.4, -0.2) is 21.1 Å². The molecular formula is C22H15N5O2S2. The zero-order chi connectivity index (χ0) is 21.2. The second-order valence-electron chi connectivity index (χ2n) is 6.67. The van der Waals surface area contributed by atoms with Gasteiger partial charge in [0.15, 0.2) is 0 Å². The number of nitrogens with zero attached hydrogens (tertiary/aromatic N) is 4. The lowest BCUT2D eigenvalue weighted by atomic mass is 10.1. The summed E-state index contributed by atoms with van der Waals surface area (Å²) in [5.74, 6) is -0.378. The molecule has 1 N–H and O–H groups in total. The highest BCUT2D eigenvalue weighted by Gasteiger charge is 2.16. The highest BCUT2D eigenvalue weighted by molar-refractivity contribution is 7.18. The number of para-hydroxylation sites is 1. The van der Waals surface area contributed by atoms with Crippen LogP contribution in [0, 0.1) is 6.92 Å². The Labute approximate surface area is 184 Å². The van der Waals surface area contributed by atoms with E-state index in [1.807, 2.05) is 60.8 Å². The number of hydrogen-bond acceptors (Lipinski definition) is 8. The van der Waals surface area contributed by atoms with Crippen LogP contribution in [0.15, 0.2) is 75.6 Å². The van der Waals surface area contributed by atoms with Crippen LogP contribution in [0.2, 0.25) is 0 Å². The molecule has 9 heteroatoms. The van der Waals surface area contributed by atoms with E-state index >= 15 is 0 Å². The predicted molar refractivity (Wildman–Crippen MR) is 122 cm³/mol. The van der Waals surface area contributed by atoms with Crippen molar-refractivity contribution in [1.29, 1.82) is 0 Å². The molecule has 0 unspecified atom stereocenters. The first-order valence-electron chi connectivity index (χ1n) is 9.35. The molecule has 0 fully saturated rings. The molecule has 0 saturated heterocycles. The minimum Gasteiger partial charge on any atom is -0.437 e. The summed E-state index contributed by atoms with van der Waals surface area (Å²) in [5, 5.41) is 15.4. The van der Waals surface area contributed by atoms with Crippen LogP contribution in [0.4, 0.5) is 10.3 Å². The summed E-state index contributed by atoms with van der Waals surface area (Å²) in [5.41, 5.74) is 3.20. The molecule has 0 bridgehead atoms. The molecule has 5 aromatic rings. The van der Waals surface area contributed by atoms with Gasteiger partial charge in [-0.25, -0.2) is 4.98 Å². The van der Waals surface area contributed by atoms with E-state index in [-0.39, 0.29) is 11.5 Å². The number of aryl methyl sites for hydroxylation is 1. The van der Waals surface area contributed by atoms with Crippen LogP contribution in [0.25, 0.3) is 21.5 Å². The number of thiazole rings is 1. The summed E-state index contributed by atoms with van der Waals surface area (Å²) in [7, 11) is 0. The van der Waals surface area contributed by atoms with Gasteiger partial charge in [0.2, 0.25) is 15.8 Å². The number of rotatable bonds is 4. The van der Waals surface area contributed by atoms with Crippen molar-refractivity contribution in [3.63, 3.8) is 0 Å². The maximum atomic E-state index is 13.1. The van der Waals surface area contributed by atoms with E-state index in [1.165, 1.54) is 22.7 Å². The fourth-order valence-electron chi connectivity index (χ4n) is 3.01. The van der Waals surface area contributed by atoms with Crippen LogP contribution in [0.1, 0.15) is 15.9 Å². The lowest BCUT2D eigenvalue weighted by Gasteiger charge is -2.04. The molecule has 3 heterocycles. The summed E-state index contributed by atoms with van der Waals surface area (Å²) in [6, 6.07) is 17.2. The molecule has 0 aliphatic heterocycles. The number of carbonyl (C=O) groups excluding carboxylic acids is 1. The Morgan fingerprint density at radius 1 is 1.10 bits per heavy atom. The molecule has 3 aromatic heterocycles. The summed E-state index contributed by atoms with van der Waals surface area (Å²) in [6.45, 7) is 2.02. The van der Waals surface area contributed by atoms with Crippen molar-refractivity contribution in [1.82, 2.24) is 15.2 Å². The minimum absolute atomic E-state index is 0.189. The van der Waals surface area contributed by atoms with Gasteiger partial charge in [-0.05, 0) is 25.1 Å². The first kappa shape index (κ1) is 19.3. The highest BCUT2D eigenvalue weighted by Crippen LogP contribution is 2.27. The third kappa shape index (κ3) is 4.14. The van der Waals surface area contributed by atoms with Gasteiger partial charge < -0.3 is 4.42 Å². The molecule has 0 aliphatic carbocycles. The molecule has 1 amide bonds. The molecule has 7 nitrogen and oxygen atoms in total. The Kier molecular flexibility index (Phi) is 5.11. The maximum absolute atomic E-state index is 13.1. The average molecular weight is 446 g/mol. The molecular weight excluding hydrogens is 430 g/mol. The summed E-state index contributed by atoms with van der Waals surface area (Å²) in [6.07, 6.45) is 1.65. The Morgan fingerprint density at radius 3 is 2.84 bits per heavy atom. The Bertz CT molecular complexity index is 1450. The third-order valence-corrected chi connectivity index (χ3v) is 5.98. The SMILES string of the molecule is Cc1cccc(-c2nnc(NC(=O)c3cc4ccccc4o/c3=N\c3nccs3)s2)c1. The Morgan fingerprint density at radius 2 is 2.00 bits per heavy atom. The topological polar surface area (TPSA) is 93.3 Å².